The number of nitrogens with zero attached hydrogens (tertiary/aromatic N) is 5. The van der Waals surface area contributed by atoms with E-state index in [1.54, 1.807) is 33.4 Å². The summed E-state index contributed by atoms with van der Waals surface area (Å²) in [6.45, 7) is 2.57. The average molecular weight is 630 g/mol. The van der Waals surface area contributed by atoms with Gasteiger partial charge in [0, 0.05) is 25.0 Å². The minimum Gasteiger partial charge on any atom is -0.496 e. The number of rotatable bonds is 7. The van der Waals surface area contributed by atoms with Crippen LogP contribution in [0.2, 0.25) is 0 Å². The van der Waals surface area contributed by atoms with Gasteiger partial charge >= 0.3 is 5.69 Å². The number of benzene rings is 2. The third-order valence-electron chi connectivity index (χ3n) is 10.1. The van der Waals surface area contributed by atoms with Gasteiger partial charge in [-0.1, -0.05) is 12.1 Å². The third kappa shape index (κ3) is 4.89. The highest BCUT2D eigenvalue weighted by molar-refractivity contribution is 5.97. The molecule has 4 fully saturated rings. The van der Waals surface area contributed by atoms with E-state index < -0.39 is 17.3 Å². The number of halogens is 1. The number of amides is 2. The first-order valence-electron chi connectivity index (χ1n) is 15.6. The molecule has 0 radical (unpaired) electrons. The summed E-state index contributed by atoms with van der Waals surface area (Å²) in [6, 6.07) is 10.9. The van der Waals surface area contributed by atoms with E-state index in [2.05, 4.69) is 15.3 Å². The number of aromatic nitrogens is 4. The minimum atomic E-state index is -0.537. The highest BCUT2D eigenvalue weighted by atomic mass is 19.1. The van der Waals surface area contributed by atoms with Crippen LogP contribution < -0.4 is 21.5 Å². The second-order valence-electron chi connectivity index (χ2n) is 12.5. The molecule has 0 unspecified atom stereocenters. The molecule has 46 heavy (non-hydrogen) atoms. The van der Waals surface area contributed by atoms with Gasteiger partial charge < -0.3 is 25.4 Å². The van der Waals surface area contributed by atoms with E-state index in [0.29, 0.717) is 81.7 Å². The molecular formula is C33H36FN7O5. The fourth-order valence-corrected chi connectivity index (χ4v) is 7.54. The van der Waals surface area contributed by atoms with Crippen LogP contribution in [-0.2, 0) is 21.6 Å². The van der Waals surface area contributed by atoms with Gasteiger partial charge in [0.2, 0.25) is 5.91 Å². The summed E-state index contributed by atoms with van der Waals surface area (Å²) >= 11 is 0. The number of nitrogens with one attached hydrogen (secondary N) is 1. The lowest BCUT2D eigenvalue weighted by Crippen LogP contribution is -2.57. The number of imidazole rings is 1. The molecule has 0 atom stereocenters. The molecule has 3 heterocycles. The second-order valence-corrected chi connectivity index (χ2v) is 12.5. The van der Waals surface area contributed by atoms with Crippen LogP contribution in [0.5, 0.6) is 5.75 Å². The van der Waals surface area contributed by atoms with Crippen molar-refractivity contribution in [3.05, 3.63) is 76.2 Å². The number of morpholine rings is 1. The normalized spacial score (nSPS) is 22.6. The van der Waals surface area contributed by atoms with E-state index in [1.165, 1.54) is 25.6 Å². The van der Waals surface area contributed by atoms with Crippen LogP contribution >= 0.6 is 0 Å². The van der Waals surface area contributed by atoms with Crippen LogP contribution in [0.15, 0.2) is 53.6 Å². The molecule has 2 aromatic carbocycles. The molecule has 13 heteroatoms. The Morgan fingerprint density at radius 2 is 1.72 bits per heavy atom. The van der Waals surface area contributed by atoms with E-state index in [4.69, 9.17) is 15.2 Å². The molecule has 2 amide bonds. The number of fused-ring (bicyclic) bond motifs is 4. The summed E-state index contributed by atoms with van der Waals surface area (Å²) in [5.41, 5.74) is 7.62. The van der Waals surface area contributed by atoms with Crippen LogP contribution in [-0.4, -0.2) is 69.2 Å². The second kappa shape index (κ2) is 11.5. The molecule has 3 N–H and O–H groups in total. The number of anilines is 1. The molecule has 4 aromatic rings. The van der Waals surface area contributed by atoms with E-state index in [9.17, 15) is 18.8 Å². The Hall–Kier alpha value is -4.78. The first-order valence-corrected chi connectivity index (χ1v) is 15.6. The van der Waals surface area contributed by atoms with Gasteiger partial charge in [-0.05, 0) is 74.4 Å². The summed E-state index contributed by atoms with van der Waals surface area (Å²) in [7, 11) is 1.42. The zero-order chi connectivity index (χ0) is 32.1. The first kappa shape index (κ1) is 29.9. The number of hydrogen-bond acceptors (Lipinski definition) is 8. The number of nitrogen functional groups attached to an aromatic ring is 1. The van der Waals surface area contributed by atoms with Crippen LogP contribution in [0.25, 0.3) is 16.9 Å². The number of nitrogens with two attached hydrogens (primary N) is 1. The summed E-state index contributed by atoms with van der Waals surface area (Å²) in [5.74, 6) is -0.322. The van der Waals surface area contributed by atoms with E-state index in [0.717, 1.165) is 11.6 Å². The maximum absolute atomic E-state index is 14.3. The molecule has 1 aliphatic heterocycles. The molecule has 12 nitrogen and oxygen atoms in total. The fourth-order valence-electron chi connectivity index (χ4n) is 7.54. The third-order valence-corrected chi connectivity index (χ3v) is 10.1. The van der Waals surface area contributed by atoms with Gasteiger partial charge in [0.05, 0.1) is 37.1 Å². The van der Waals surface area contributed by atoms with Crippen LogP contribution in [0.4, 0.5) is 10.2 Å². The van der Waals surface area contributed by atoms with Crippen molar-refractivity contribution in [1.82, 2.24) is 29.3 Å². The smallest absolute Gasteiger partial charge is 0.335 e. The van der Waals surface area contributed by atoms with Crippen molar-refractivity contribution in [1.29, 1.82) is 0 Å². The van der Waals surface area contributed by atoms with E-state index >= 15 is 0 Å². The quantitative estimate of drug-likeness (QED) is 0.317. The monoisotopic (exact) mass is 629 g/mol. The molecule has 1 saturated heterocycles. The van der Waals surface area contributed by atoms with Gasteiger partial charge in [-0.2, -0.15) is 0 Å². The molecule has 0 spiro atoms. The standard InChI is InChI=1S/C33H36FN7O5/c1-45-25-7-4-22(34)18-24(25)29(42)36-19-21-2-5-23(6-3-21)40-26-27(35)37-20-38-28(26)41(31(40)44)33-11-8-32(9-12-33,10-13-33)30(43)39-14-16-46-17-15-39/h2-7,18,20H,8-17,19H2,1H3,(H,36,42)(H2,35,37,38). The maximum Gasteiger partial charge on any atom is 0.335 e. The molecule has 3 saturated carbocycles. The average Bonchev–Trinajstić information content (AvgIpc) is 3.41. The highest BCUT2D eigenvalue weighted by Crippen LogP contribution is 2.56. The maximum atomic E-state index is 14.3. The Labute approximate surface area is 264 Å². The predicted molar refractivity (Wildman–Crippen MR) is 167 cm³/mol. The fraction of sp³-hybridized carbons (Fsp3) is 0.424. The Bertz CT molecular complexity index is 1860. The van der Waals surface area contributed by atoms with Crippen molar-refractivity contribution in [2.45, 2.75) is 50.6 Å². The van der Waals surface area contributed by atoms with E-state index in [-0.39, 0.29) is 40.7 Å². The molecule has 8 rings (SSSR count). The lowest BCUT2D eigenvalue weighted by molar-refractivity contribution is -0.155. The molecule has 240 valence electrons. The topological polar surface area (TPSA) is 147 Å². The summed E-state index contributed by atoms with van der Waals surface area (Å²) in [4.78, 5) is 51.4. The summed E-state index contributed by atoms with van der Waals surface area (Å²) in [5, 5.41) is 2.79. The first-order chi connectivity index (χ1) is 22.2. The van der Waals surface area contributed by atoms with Crippen LogP contribution in [0.1, 0.15) is 54.4 Å². The lowest BCUT2D eigenvalue weighted by Gasteiger charge is -2.53. The van der Waals surface area contributed by atoms with Gasteiger partial charge in [0.15, 0.2) is 11.5 Å². The van der Waals surface area contributed by atoms with Crippen LogP contribution in [0, 0.1) is 11.2 Å². The predicted octanol–water partition coefficient (Wildman–Crippen LogP) is 3.15. The number of methoxy groups -OCH3 is 1. The number of carbonyl (C=O) groups is 2. The van der Waals surface area contributed by atoms with Crippen molar-refractivity contribution < 1.29 is 23.5 Å². The zero-order valence-corrected chi connectivity index (χ0v) is 25.6. The Morgan fingerprint density at radius 1 is 1.02 bits per heavy atom. The van der Waals surface area contributed by atoms with Gasteiger partial charge in [-0.25, -0.2) is 19.2 Å². The summed E-state index contributed by atoms with van der Waals surface area (Å²) < 4.78 is 27.8. The number of hydrogen-bond donors (Lipinski definition) is 2. The number of ether oxygens (including phenoxy) is 2. The molecular weight excluding hydrogens is 593 g/mol. The van der Waals surface area contributed by atoms with Gasteiger partial charge in [0.25, 0.3) is 5.91 Å². The van der Waals surface area contributed by atoms with Gasteiger partial charge in [0.1, 0.15) is 23.4 Å². The van der Waals surface area contributed by atoms with E-state index in [1.807, 2.05) is 4.90 Å². The number of carbonyl (C=O) groups excluding carboxylic acids is 2. The van der Waals surface area contributed by atoms with Crippen LogP contribution in [0.3, 0.4) is 0 Å². The summed E-state index contributed by atoms with van der Waals surface area (Å²) in [6.07, 6.45) is 5.61. The van der Waals surface area contributed by atoms with Crippen molar-refractivity contribution in [2.24, 2.45) is 5.41 Å². The molecule has 3 aliphatic carbocycles. The minimum absolute atomic E-state index is 0.0986. The lowest BCUT2D eigenvalue weighted by atomic mass is 9.56. The molecule has 4 aliphatic rings. The van der Waals surface area contributed by atoms with Crippen molar-refractivity contribution in [2.75, 3.05) is 39.1 Å². The highest BCUT2D eigenvalue weighted by Gasteiger charge is 2.55. The van der Waals surface area contributed by atoms with Gasteiger partial charge in [-0.15, -0.1) is 0 Å². The Balaban J connectivity index is 1.15. The Morgan fingerprint density at radius 3 is 2.39 bits per heavy atom. The largest absolute Gasteiger partial charge is 0.496 e. The van der Waals surface area contributed by atoms with Crippen molar-refractivity contribution >= 4 is 28.8 Å². The molecule has 2 aromatic heterocycles. The zero-order valence-electron chi connectivity index (χ0n) is 25.6. The van der Waals surface area contributed by atoms with Gasteiger partial charge in [-0.3, -0.25) is 18.7 Å². The van der Waals surface area contributed by atoms with Crippen molar-refractivity contribution in [3.63, 3.8) is 0 Å². The Kier molecular flexibility index (Phi) is 7.50. The SMILES string of the molecule is COc1ccc(F)cc1C(=O)NCc1ccc(-n2c(=O)n(C34CCC(C(=O)N5CCOCC5)(CC3)CC4)c3ncnc(N)c32)cc1. The van der Waals surface area contributed by atoms with Crippen molar-refractivity contribution in [3.8, 4) is 11.4 Å². The molecule has 2 bridgehead atoms.